The predicted molar refractivity (Wildman–Crippen MR) is 110 cm³/mol. The first kappa shape index (κ1) is 20.6. The van der Waals surface area contributed by atoms with Crippen LogP contribution in [0.15, 0.2) is 17.1 Å². The van der Waals surface area contributed by atoms with Crippen LogP contribution in [0.25, 0.3) is 10.9 Å². The number of hydrogen-bond acceptors (Lipinski definition) is 4. The number of aromatic nitrogens is 1. The summed E-state index contributed by atoms with van der Waals surface area (Å²) in [6.07, 6.45) is 3.01. The highest BCUT2D eigenvalue weighted by atomic mass is 35.5. The lowest BCUT2D eigenvalue weighted by molar-refractivity contribution is 0.0694. The number of nitrogens with zero attached hydrogens (tertiary/aromatic N) is 2. The number of carboxylic acids is 1. The molecular weight excluding hydrogens is 385 g/mol. The molecule has 6 nitrogen and oxygen atoms in total. The molecule has 2 aromatic rings. The molecule has 2 aliphatic rings. The fraction of sp³-hybridized carbons (Fsp3) is 0.500. The van der Waals surface area contributed by atoms with Crippen LogP contribution in [0.1, 0.15) is 42.2 Å². The lowest BCUT2D eigenvalue weighted by Crippen LogP contribution is -2.27. The third-order valence-corrected chi connectivity index (χ3v) is 5.83. The number of nitrogens with one attached hydrogen (secondary N) is 1. The van der Waals surface area contributed by atoms with Gasteiger partial charge >= 0.3 is 5.97 Å². The largest absolute Gasteiger partial charge is 0.477 e. The van der Waals surface area contributed by atoms with Gasteiger partial charge in [0.2, 0.25) is 5.43 Å². The highest BCUT2D eigenvalue weighted by Crippen LogP contribution is 2.40. The maximum Gasteiger partial charge on any atom is 0.341 e. The van der Waals surface area contributed by atoms with Gasteiger partial charge in [0.25, 0.3) is 0 Å². The predicted octanol–water partition coefficient (Wildman–Crippen LogP) is 2.81. The summed E-state index contributed by atoms with van der Waals surface area (Å²) in [7, 11) is 0. The smallest absolute Gasteiger partial charge is 0.341 e. The second kappa shape index (κ2) is 7.72. The van der Waals surface area contributed by atoms with Crippen molar-refractivity contribution in [3.63, 3.8) is 0 Å². The van der Waals surface area contributed by atoms with E-state index in [2.05, 4.69) is 17.1 Å². The Labute approximate surface area is 168 Å². The average Bonchev–Trinajstić information content (AvgIpc) is 3.21. The molecule has 1 saturated heterocycles. The Morgan fingerprint density at radius 1 is 1.43 bits per heavy atom. The lowest BCUT2D eigenvalue weighted by Gasteiger charge is -2.22. The van der Waals surface area contributed by atoms with Gasteiger partial charge in [0.15, 0.2) is 0 Å². The maximum atomic E-state index is 15.1. The molecule has 1 aromatic carbocycles. The Morgan fingerprint density at radius 3 is 2.86 bits per heavy atom. The van der Waals surface area contributed by atoms with Gasteiger partial charge in [-0.15, -0.1) is 12.4 Å². The molecule has 0 bridgehead atoms. The molecule has 2 atom stereocenters. The van der Waals surface area contributed by atoms with Crippen molar-refractivity contribution in [1.82, 2.24) is 9.88 Å². The molecule has 2 aliphatic heterocycles. The van der Waals surface area contributed by atoms with Crippen LogP contribution in [0.5, 0.6) is 0 Å². The average molecular weight is 410 g/mol. The summed E-state index contributed by atoms with van der Waals surface area (Å²) in [4.78, 5) is 26.1. The van der Waals surface area contributed by atoms with E-state index in [9.17, 15) is 14.7 Å². The van der Waals surface area contributed by atoms with E-state index in [-0.39, 0.29) is 29.4 Å². The number of benzene rings is 1. The molecule has 0 amide bonds. The minimum atomic E-state index is -1.28. The minimum Gasteiger partial charge on any atom is -0.477 e. The lowest BCUT2D eigenvalue weighted by atomic mass is 10.0. The summed E-state index contributed by atoms with van der Waals surface area (Å²) in [5.74, 6) is -1.23. The van der Waals surface area contributed by atoms with Crippen LogP contribution < -0.4 is 15.6 Å². The van der Waals surface area contributed by atoms with E-state index >= 15 is 4.39 Å². The third-order valence-electron chi connectivity index (χ3n) is 5.83. The topological polar surface area (TPSA) is 74.6 Å². The van der Waals surface area contributed by atoms with Crippen LogP contribution in [-0.4, -0.2) is 41.8 Å². The van der Waals surface area contributed by atoms with Gasteiger partial charge in [-0.25, -0.2) is 9.18 Å². The van der Waals surface area contributed by atoms with E-state index in [0.717, 1.165) is 38.2 Å². The third kappa shape index (κ3) is 3.16. The first-order valence-electron chi connectivity index (χ1n) is 9.51. The molecule has 2 N–H and O–H groups in total. The number of carboxylic acid groups (broad SMARTS) is 1. The molecule has 0 saturated carbocycles. The number of hydrogen-bond donors (Lipinski definition) is 2. The fourth-order valence-corrected chi connectivity index (χ4v) is 4.54. The van der Waals surface area contributed by atoms with Crippen LogP contribution in [-0.2, 0) is 6.42 Å². The summed E-state index contributed by atoms with van der Waals surface area (Å²) in [5, 5.41) is 12.8. The summed E-state index contributed by atoms with van der Waals surface area (Å²) >= 11 is 0. The van der Waals surface area contributed by atoms with E-state index in [1.54, 1.807) is 0 Å². The van der Waals surface area contributed by atoms with Crippen molar-refractivity contribution in [1.29, 1.82) is 0 Å². The molecule has 152 valence electrons. The van der Waals surface area contributed by atoms with Crippen LogP contribution in [0.3, 0.4) is 0 Å². The van der Waals surface area contributed by atoms with Gasteiger partial charge in [0, 0.05) is 36.3 Å². The minimum absolute atomic E-state index is 0. The molecule has 3 heterocycles. The fourth-order valence-electron chi connectivity index (χ4n) is 4.54. The summed E-state index contributed by atoms with van der Waals surface area (Å²) in [6.45, 7) is 7.45. The van der Waals surface area contributed by atoms with Gasteiger partial charge in [-0.05, 0) is 44.8 Å². The van der Waals surface area contributed by atoms with E-state index in [0.29, 0.717) is 23.5 Å². The van der Waals surface area contributed by atoms with Crippen LogP contribution >= 0.6 is 12.4 Å². The summed E-state index contributed by atoms with van der Waals surface area (Å²) in [5.41, 5.74) is 1.18. The Bertz CT molecular complexity index is 991. The maximum absolute atomic E-state index is 15.1. The molecule has 0 spiro atoms. The SMILES string of the molecule is CCNCC1CCN(c2c(F)cc3c(=O)c(C(=O)O)cn4c3c2C[C@@H]4C)C1.Cl. The highest BCUT2D eigenvalue weighted by molar-refractivity contribution is 5.96. The number of aromatic carboxylic acids is 1. The zero-order chi connectivity index (χ0) is 19.3. The second-order valence-corrected chi connectivity index (χ2v) is 7.63. The monoisotopic (exact) mass is 409 g/mol. The van der Waals surface area contributed by atoms with Gasteiger partial charge in [0.1, 0.15) is 11.4 Å². The van der Waals surface area contributed by atoms with Crippen molar-refractivity contribution in [3.05, 3.63) is 39.4 Å². The zero-order valence-electron chi connectivity index (χ0n) is 16.0. The molecular formula is C20H25ClFN3O3. The number of anilines is 1. The van der Waals surface area contributed by atoms with Crippen LogP contribution in [0.2, 0.25) is 0 Å². The van der Waals surface area contributed by atoms with E-state index in [4.69, 9.17) is 0 Å². The molecule has 8 heteroatoms. The molecule has 1 fully saturated rings. The Balaban J connectivity index is 0.00000225. The summed E-state index contributed by atoms with van der Waals surface area (Å²) < 4.78 is 16.9. The van der Waals surface area contributed by atoms with Crippen molar-refractivity contribution in [2.24, 2.45) is 5.92 Å². The van der Waals surface area contributed by atoms with Crippen molar-refractivity contribution in [2.75, 3.05) is 31.1 Å². The van der Waals surface area contributed by atoms with Gasteiger partial charge in [-0.3, -0.25) is 4.79 Å². The number of carbonyl (C=O) groups is 1. The zero-order valence-corrected chi connectivity index (χ0v) is 16.8. The van der Waals surface area contributed by atoms with Crippen molar-refractivity contribution < 1.29 is 14.3 Å². The first-order chi connectivity index (χ1) is 12.9. The van der Waals surface area contributed by atoms with Gasteiger partial charge in [-0.2, -0.15) is 0 Å². The van der Waals surface area contributed by atoms with Crippen molar-refractivity contribution in [3.8, 4) is 0 Å². The standard InChI is InChI=1S/C20H24FN3O3.ClH/c1-3-22-8-12-4-5-23(9-12)18-13-6-11(2)24-10-15(20(26)27)19(25)14(17(13)24)7-16(18)21;/h7,10-12,22H,3-6,8-9H2,1-2H3,(H,26,27);1H/t11-,12?;/m0./s1. The quantitative estimate of drug-likeness (QED) is 0.794. The Morgan fingerprint density at radius 2 is 2.18 bits per heavy atom. The molecule has 1 aromatic heterocycles. The normalized spacial score (nSPS) is 20.6. The molecule has 0 aliphatic carbocycles. The number of rotatable bonds is 5. The van der Waals surface area contributed by atoms with Gasteiger partial charge in [0.05, 0.1) is 11.2 Å². The second-order valence-electron chi connectivity index (χ2n) is 7.63. The molecule has 0 radical (unpaired) electrons. The van der Waals surface area contributed by atoms with E-state index < -0.39 is 17.2 Å². The molecule has 28 heavy (non-hydrogen) atoms. The Kier molecular flexibility index (Phi) is 5.68. The van der Waals surface area contributed by atoms with E-state index in [1.165, 1.54) is 12.3 Å². The first-order valence-corrected chi connectivity index (χ1v) is 9.51. The van der Waals surface area contributed by atoms with Gasteiger partial charge in [-0.1, -0.05) is 6.92 Å². The highest BCUT2D eigenvalue weighted by Gasteiger charge is 2.33. The molecule has 1 unspecified atom stereocenters. The number of halogens is 2. The van der Waals surface area contributed by atoms with E-state index in [1.807, 2.05) is 11.5 Å². The number of pyridine rings is 1. The van der Waals surface area contributed by atoms with Crippen LogP contribution in [0.4, 0.5) is 10.1 Å². The summed E-state index contributed by atoms with van der Waals surface area (Å²) in [6, 6.07) is 1.22. The Hall–Kier alpha value is -2.12. The van der Waals surface area contributed by atoms with Crippen molar-refractivity contribution >= 4 is 35.0 Å². The van der Waals surface area contributed by atoms with Crippen LogP contribution in [0, 0.1) is 11.7 Å². The van der Waals surface area contributed by atoms with Gasteiger partial charge < -0.3 is 19.9 Å². The van der Waals surface area contributed by atoms with Crippen molar-refractivity contribution in [2.45, 2.75) is 32.7 Å². The molecule has 4 rings (SSSR count).